The largest absolute Gasteiger partial charge is 0.399 e. The van der Waals surface area contributed by atoms with Crippen LogP contribution in [0.4, 0.5) is 5.69 Å². The summed E-state index contributed by atoms with van der Waals surface area (Å²) in [5.41, 5.74) is 7.57. The Hall–Kier alpha value is -1.75. The summed E-state index contributed by atoms with van der Waals surface area (Å²) >= 11 is 17.9. The van der Waals surface area contributed by atoms with Crippen LogP contribution < -0.4 is 5.73 Å². The van der Waals surface area contributed by atoms with Crippen LogP contribution in [0.25, 0.3) is 22.8 Å². The minimum Gasteiger partial charge on any atom is -0.399 e. The standard InChI is InChI=1S/C14H8Cl3N3O/c15-9-1-7(2-10(16)5-9)13-19-14(21-20-13)8-3-11(17)6-12(18)4-8/h1-6H,18H2. The number of anilines is 1. The summed E-state index contributed by atoms with van der Waals surface area (Å²) in [4.78, 5) is 4.31. The Labute approximate surface area is 135 Å². The van der Waals surface area contributed by atoms with Gasteiger partial charge in [0.1, 0.15) is 0 Å². The lowest BCUT2D eigenvalue weighted by molar-refractivity contribution is 0.432. The summed E-state index contributed by atoms with van der Waals surface area (Å²) < 4.78 is 5.23. The van der Waals surface area contributed by atoms with Gasteiger partial charge in [-0.25, -0.2) is 0 Å². The molecule has 0 atom stereocenters. The van der Waals surface area contributed by atoms with E-state index in [1.165, 1.54) is 0 Å². The Morgan fingerprint density at radius 2 is 1.43 bits per heavy atom. The van der Waals surface area contributed by atoms with Crippen LogP contribution in [0.3, 0.4) is 0 Å². The van der Waals surface area contributed by atoms with Crippen molar-refractivity contribution in [2.45, 2.75) is 0 Å². The van der Waals surface area contributed by atoms with Gasteiger partial charge in [0.2, 0.25) is 5.82 Å². The first-order chi connectivity index (χ1) is 10.0. The summed E-state index contributed by atoms with van der Waals surface area (Å²) in [5, 5.41) is 5.41. The van der Waals surface area contributed by atoms with Gasteiger partial charge >= 0.3 is 0 Å². The molecule has 3 aromatic rings. The molecular formula is C14H8Cl3N3O. The molecule has 2 aromatic carbocycles. The van der Waals surface area contributed by atoms with E-state index < -0.39 is 0 Å². The highest BCUT2D eigenvalue weighted by molar-refractivity contribution is 6.35. The minimum absolute atomic E-state index is 0.315. The highest BCUT2D eigenvalue weighted by Gasteiger charge is 2.12. The summed E-state index contributed by atoms with van der Waals surface area (Å²) in [6.45, 7) is 0. The van der Waals surface area contributed by atoms with E-state index in [-0.39, 0.29) is 0 Å². The van der Waals surface area contributed by atoms with E-state index in [1.807, 2.05) is 0 Å². The Bertz CT molecular complexity index is 710. The van der Waals surface area contributed by atoms with Crippen molar-refractivity contribution >= 4 is 40.5 Å². The number of nitrogens with zero attached hydrogens (tertiary/aromatic N) is 2. The first-order valence-electron chi connectivity index (χ1n) is 5.88. The number of benzene rings is 2. The van der Waals surface area contributed by atoms with Crippen LogP contribution in [0.2, 0.25) is 15.1 Å². The lowest BCUT2D eigenvalue weighted by Gasteiger charge is -1.98. The first-order valence-corrected chi connectivity index (χ1v) is 7.01. The van der Waals surface area contributed by atoms with Crippen LogP contribution >= 0.6 is 34.8 Å². The van der Waals surface area contributed by atoms with Gasteiger partial charge in [-0.15, -0.1) is 0 Å². The zero-order chi connectivity index (χ0) is 15.0. The van der Waals surface area contributed by atoms with Crippen LogP contribution in [0, 0.1) is 0 Å². The molecule has 0 bridgehead atoms. The van der Waals surface area contributed by atoms with Gasteiger partial charge in [-0.3, -0.25) is 0 Å². The maximum Gasteiger partial charge on any atom is 0.258 e. The molecule has 0 saturated heterocycles. The molecule has 106 valence electrons. The van der Waals surface area contributed by atoms with Crippen LogP contribution in [-0.2, 0) is 0 Å². The number of halogens is 3. The lowest BCUT2D eigenvalue weighted by Crippen LogP contribution is -1.86. The Balaban J connectivity index is 2.03. The predicted octanol–water partition coefficient (Wildman–Crippen LogP) is 4.95. The Kier molecular flexibility index (Phi) is 3.76. The van der Waals surface area contributed by atoms with E-state index in [2.05, 4.69) is 10.1 Å². The summed E-state index contributed by atoms with van der Waals surface area (Å²) in [5.74, 6) is 0.697. The van der Waals surface area contributed by atoms with Gasteiger partial charge in [0.25, 0.3) is 5.89 Å². The smallest absolute Gasteiger partial charge is 0.258 e. The topological polar surface area (TPSA) is 64.9 Å². The first kappa shape index (κ1) is 14.2. The SMILES string of the molecule is Nc1cc(Cl)cc(-c2nc(-c3cc(Cl)cc(Cl)c3)no2)c1. The third-order valence-corrected chi connectivity index (χ3v) is 3.37. The van der Waals surface area contributed by atoms with Crippen LogP contribution in [0.5, 0.6) is 0 Å². The fourth-order valence-corrected chi connectivity index (χ4v) is 2.65. The molecule has 0 radical (unpaired) electrons. The van der Waals surface area contributed by atoms with Gasteiger partial charge in [0.05, 0.1) is 0 Å². The van der Waals surface area contributed by atoms with E-state index in [0.29, 0.717) is 43.6 Å². The van der Waals surface area contributed by atoms with Crippen molar-refractivity contribution in [1.29, 1.82) is 0 Å². The average molecular weight is 341 g/mol. The molecule has 0 aliphatic heterocycles. The minimum atomic E-state index is 0.315. The monoisotopic (exact) mass is 339 g/mol. The molecular weight excluding hydrogens is 333 g/mol. The van der Waals surface area contributed by atoms with Crippen molar-refractivity contribution in [2.24, 2.45) is 0 Å². The van der Waals surface area contributed by atoms with Gasteiger partial charge in [-0.2, -0.15) is 4.98 Å². The molecule has 1 heterocycles. The highest BCUT2D eigenvalue weighted by atomic mass is 35.5. The number of nitrogens with two attached hydrogens (primary N) is 1. The van der Waals surface area contributed by atoms with Gasteiger partial charge in [0, 0.05) is 31.9 Å². The van der Waals surface area contributed by atoms with Crippen LogP contribution in [0.1, 0.15) is 0 Å². The number of hydrogen-bond acceptors (Lipinski definition) is 4. The zero-order valence-corrected chi connectivity index (χ0v) is 12.7. The van der Waals surface area contributed by atoms with Crippen molar-refractivity contribution < 1.29 is 4.52 Å². The molecule has 0 amide bonds. The van der Waals surface area contributed by atoms with Gasteiger partial charge in [0.15, 0.2) is 0 Å². The fourth-order valence-electron chi connectivity index (χ4n) is 1.88. The molecule has 0 saturated carbocycles. The normalized spacial score (nSPS) is 10.8. The van der Waals surface area contributed by atoms with Crippen molar-refractivity contribution in [3.8, 4) is 22.8 Å². The number of aromatic nitrogens is 2. The van der Waals surface area contributed by atoms with Gasteiger partial charge in [-0.1, -0.05) is 40.0 Å². The van der Waals surface area contributed by atoms with Crippen molar-refractivity contribution in [3.63, 3.8) is 0 Å². The van der Waals surface area contributed by atoms with Crippen LogP contribution in [-0.4, -0.2) is 10.1 Å². The van der Waals surface area contributed by atoms with E-state index in [9.17, 15) is 0 Å². The van der Waals surface area contributed by atoms with Crippen LogP contribution in [0.15, 0.2) is 40.9 Å². The molecule has 3 rings (SSSR count). The number of nitrogen functional groups attached to an aromatic ring is 1. The molecule has 0 aliphatic carbocycles. The molecule has 2 N–H and O–H groups in total. The van der Waals surface area contributed by atoms with Crippen molar-refractivity contribution in [1.82, 2.24) is 10.1 Å². The molecule has 0 unspecified atom stereocenters. The highest BCUT2D eigenvalue weighted by Crippen LogP contribution is 2.29. The Morgan fingerprint density at radius 1 is 0.810 bits per heavy atom. The van der Waals surface area contributed by atoms with E-state index >= 15 is 0 Å². The van der Waals surface area contributed by atoms with E-state index in [1.54, 1.807) is 36.4 Å². The second-order valence-corrected chi connectivity index (χ2v) is 5.66. The second-order valence-electron chi connectivity index (χ2n) is 4.35. The summed E-state index contributed by atoms with van der Waals surface area (Å²) in [6, 6.07) is 10.1. The maximum atomic E-state index is 5.96. The molecule has 0 fully saturated rings. The third-order valence-electron chi connectivity index (χ3n) is 2.71. The van der Waals surface area contributed by atoms with E-state index in [4.69, 9.17) is 45.1 Å². The number of rotatable bonds is 2. The maximum absolute atomic E-state index is 5.96. The second kappa shape index (κ2) is 5.56. The van der Waals surface area contributed by atoms with Gasteiger partial charge in [-0.05, 0) is 36.4 Å². The molecule has 1 aromatic heterocycles. The van der Waals surface area contributed by atoms with Crippen molar-refractivity contribution in [2.75, 3.05) is 5.73 Å². The lowest BCUT2D eigenvalue weighted by atomic mass is 10.2. The molecule has 0 spiro atoms. The average Bonchev–Trinajstić information content (AvgIpc) is 2.85. The molecule has 0 aliphatic rings. The third kappa shape index (κ3) is 3.13. The Morgan fingerprint density at radius 3 is 2.10 bits per heavy atom. The molecule has 7 heteroatoms. The van der Waals surface area contributed by atoms with Gasteiger partial charge < -0.3 is 10.3 Å². The quantitative estimate of drug-likeness (QED) is 0.671. The molecule has 21 heavy (non-hydrogen) atoms. The zero-order valence-electron chi connectivity index (χ0n) is 10.5. The predicted molar refractivity (Wildman–Crippen MR) is 84.6 cm³/mol. The summed E-state index contributed by atoms with van der Waals surface area (Å²) in [6.07, 6.45) is 0. The summed E-state index contributed by atoms with van der Waals surface area (Å²) in [7, 11) is 0. The molecule has 4 nitrogen and oxygen atoms in total. The number of hydrogen-bond donors (Lipinski definition) is 1. The fraction of sp³-hybridized carbons (Fsp3) is 0. The van der Waals surface area contributed by atoms with E-state index in [0.717, 1.165) is 0 Å². The van der Waals surface area contributed by atoms with Crippen molar-refractivity contribution in [3.05, 3.63) is 51.5 Å².